The van der Waals surface area contributed by atoms with Gasteiger partial charge in [-0.1, -0.05) is 18.2 Å². The molecule has 0 saturated heterocycles. The highest BCUT2D eigenvalue weighted by Gasteiger charge is 2.23. The fourth-order valence-corrected chi connectivity index (χ4v) is 2.40. The molecule has 0 amide bonds. The summed E-state index contributed by atoms with van der Waals surface area (Å²) in [6.45, 7) is 7.41. The lowest BCUT2D eigenvalue weighted by Gasteiger charge is -2.16. The minimum absolute atomic E-state index is 0.0971. The lowest BCUT2D eigenvalue weighted by molar-refractivity contribution is -0.386. The van der Waals surface area contributed by atoms with Gasteiger partial charge in [-0.3, -0.25) is 14.9 Å². The Bertz CT molecular complexity index is 768. The molecule has 0 aliphatic heterocycles. The van der Waals surface area contributed by atoms with E-state index in [9.17, 15) is 14.9 Å². The van der Waals surface area contributed by atoms with E-state index in [1.165, 1.54) is 12.1 Å². The van der Waals surface area contributed by atoms with Gasteiger partial charge in [-0.05, 0) is 56.5 Å². The predicted octanol–water partition coefficient (Wildman–Crippen LogP) is 4.17. The molecule has 2 aromatic carbocycles. The predicted molar refractivity (Wildman–Crippen MR) is 88.2 cm³/mol. The van der Waals surface area contributed by atoms with Crippen molar-refractivity contribution < 1.29 is 14.5 Å². The first kappa shape index (κ1) is 16.7. The van der Waals surface area contributed by atoms with Crippen molar-refractivity contribution in [3.8, 4) is 5.75 Å². The maximum absolute atomic E-state index is 12.6. The molecule has 0 unspecified atom stereocenters. The van der Waals surface area contributed by atoms with Crippen molar-refractivity contribution in [1.29, 1.82) is 0 Å². The number of nitrogens with zero attached hydrogens (tertiary/aromatic N) is 1. The zero-order chi connectivity index (χ0) is 17.1. The Hall–Kier alpha value is -2.69. The van der Waals surface area contributed by atoms with Crippen molar-refractivity contribution in [2.75, 3.05) is 0 Å². The molecule has 2 rings (SSSR count). The minimum Gasteiger partial charge on any atom is -0.475 e. The highest BCUT2D eigenvalue weighted by atomic mass is 16.6. The third-order valence-corrected chi connectivity index (χ3v) is 3.84. The van der Waals surface area contributed by atoms with Crippen molar-refractivity contribution in [2.45, 2.75) is 33.8 Å². The molecular weight excluding hydrogens is 294 g/mol. The molecule has 23 heavy (non-hydrogen) atoms. The molecule has 0 heterocycles. The fourth-order valence-electron chi connectivity index (χ4n) is 2.40. The standard InChI is InChI=1S/C18H19NO4/c1-11-9-13(3)15(10-12(11)2)18(20)14(4)23-17-8-6-5-7-16(17)19(21)22/h5-10,14H,1-4H3/t14-/m1/s1. The molecular formula is C18H19NO4. The number of rotatable bonds is 5. The summed E-state index contributed by atoms with van der Waals surface area (Å²) in [6.07, 6.45) is -0.808. The Kier molecular flexibility index (Phi) is 4.79. The van der Waals surface area contributed by atoms with Crippen molar-refractivity contribution in [3.05, 3.63) is 68.8 Å². The van der Waals surface area contributed by atoms with Crippen LogP contribution in [0.1, 0.15) is 34.0 Å². The molecule has 0 aromatic heterocycles. The molecule has 0 bridgehead atoms. The average Bonchev–Trinajstić information content (AvgIpc) is 2.50. The van der Waals surface area contributed by atoms with Crippen LogP contribution in [0.3, 0.4) is 0 Å². The van der Waals surface area contributed by atoms with Crippen LogP contribution in [-0.4, -0.2) is 16.8 Å². The fraction of sp³-hybridized carbons (Fsp3) is 0.278. The summed E-state index contributed by atoms with van der Waals surface area (Å²) < 4.78 is 5.56. The van der Waals surface area contributed by atoms with E-state index in [0.29, 0.717) is 5.56 Å². The minimum atomic E-state index is -0.808. The van der Waals surface area contributed by atoms with Gasteiger partial charge < -0.3 is 4.74 Å². The number of nitro groups is 1. The lowest BCUT2D eigenvalue weighted by Crippen LogP contribution is -2.25. The molecule has 0 N–H and O–H groups in total. The number of carbonyl (C=O) groups is 1. The van der Waals surface area contributed by atoms with E-state index in [2.05, 4.69) is 0 Å². The monoisotopic (exact) mass is 313 g/mol. The molecule has 0 saturated carbocycles. The van der Waals surface area contributed by atoms with Gasteiger partial charge in [-0.15, -0.1) is 0 Å². The quantitative estimate of drug-likeness (QED) is 0.472. The van der Waals surface area contributed by atoms with E-state index in [1.54, 1.807) is 19.1 Å². The second-order valence-electron chi connectivity index (χ2n) is 5.60. The van der Waals surface area contributed by atoms with E-state index in [-0.39, 0.29) is 17.2 Å². The number of nitro benzene ring substituents is 1. The summed E-state index contributed by atoms with van der Waals surface area (Å²) in [4.78, 5) is 23.1. The number of Topliss-reactive ketones (excluding diaryl/α,β-unsaturated/α-hetero) is 1. The number of ether oxygens (including phenoxy) is 1. The molecule has 120 valence electrons. The highest BCUT2D eigenvalue weighted by molar-refractivity contribution is 6.01. The largest absolute Gasteiger partial charge is 0.475 e. The summed E-state index contributed by atoms with van der Waals surface area (Å²) in [7, 11) is 0. The summed E-state index contributed by atoms with van der Waals surface area (Å²) in [5, 5.41) is 11.0. The van der Waals surface area contributed by atoms with Crippen LogP contribution in [0, 0.1) is 30.9 Å². The first-order valence-corrected chi connectivity index (χ1v) is 7.33. The summed E-state index contributed by atoms with van der Waals surface area (Å²) >= 11 is 0. The Morgan fingerprint density at radius 2 is 1.70 bits per heavy atom. The first-order chi connectivity index (χ1) is 10.8. The van der Waals surface area contributed by atoms with Crippen molar-refractivity contribution >= 4 is 11.5 Å². The molecule has 0 fully saturated rings. The Labute approximate surface area is 135 Å². The third-order valence-electron chi connectivity index (χ3n) is 3.84. The number of para-hydroxylation sites is 2. The smallest absolute Gasteiger partial charge is 0.310 e. The van der Waals surface area contributed by atoms with Crippen LogP contribution in [0.5, 0.6) is 5.75 Å². The van der Waals surface area contributed by atoms with Gasteiger partial charge in [0, 0.05) is 11.6 Å². The van der Waals surface area contributed by atoms with E-state index in [4.69, 9.17) is 4.74 Å². The Balaban J connectivity index is 2.28. The van der Waals surface area contributed by atoms with Gasteiger partial charge >= 0.3 is 5.69 Å². The van der Waals surface area contributed by atoms with Gasteiger partial charge in [-0.2, -0.15) is 0 Å². The maximum atomic E-state index is 12.6. The van der Waals surface area contributed by atoms with Crippen molar-refractivity contribution in [1.82, 2.24) is 0 Å². The first-order valence-electron chi connectivity index (χ1n) is 7.33. The molecule has 0 radical (unpaired) electrons. The van der Waals surface area contributed by atoms with Crippen LogP contribution >= 0.6 is 0 Å². The maximum Gasteiger partial charge on any atom is 0.310 e. The number of ketones is 1. The summed E-state index contributed by atoms with van der Waals surface area (Å²) in [6, 6.07) is 9.85. The van der Waals surface area contributed by atoms with E-state index >= 15 is 0 Å². The summed E-state index contributed by atoms with van der Waals surface area (Å²) in [5.41, 5.74) is 3.45. The van der Waals surface area contributed by atoms with Gasteiger partial charge in [0.25, 0.3) is 0 Å². The van der Waals surface area contributed by atoms with Gasteiger partial charge in [-0.25, -0.2) is 0 Å². The zero-order valence-electron chi connectivity index (χ0n) is 13.6. The summed E-state index contributed by atoms with van der Waals surface area (Å²) in [5.74, 6) is -0.0939. The van der Waals surface area contributed by atoms with E-state index in [1.807, 2.05) is 32.9 Å². The van der Waals surface area contributed by atoms with Crippen LogP contribution in [0.2, 0.25) is 0 Å². The molecule has 0 aliphatic carbocycles. The number of hydrogen-bond acceptors (Lipinski definition) is 4. The van der Waals surface area contributed by atoms with Gasteiger partial charge in [0.15, 0.2) is 11.9 Å². The van der Waals surface area contributed by atoms with Crippen LogP contribution in [-0.2, 0) is 0 Å². The second-order valence-corrected chi connectivity index (χ2v) is 5.60. The van der Waals surface area contributed by atoms with Crippen LogP contribution in [0.4, 0.5) is 5.69 Å². The normalized spacial score (nSPS) is 11.8. The van der Waals surface area contributed by atoms with Gasteiger partial charge in [0.05, 0.1) is 4.92 Å². The topological polar surface area (TPSA) is 69.4 Å². The third kappa shape index (κ3) is 3.56. The molecule has 5 nitrogen and oxygen atoms in total. The molecule has 0 spiro atoms. The molecule has 5 heteroatoms. The van der Waals surface area contributed by atoms with Gasteiger partial charge in [0.1, 0.15) is 0 Å². The van der Waals surface area contributed by atoms with E-state index < -0.39 is 11.0 Å². The number of aryl methyl sites for hydroxylation is 3. The lowest BCUT2D eigenvalue weighted by atomic mass is 9.96. The van der Waals surface area contributed by atoms with Crippen LogP contribution in [0.25, 0.3) is 0 Å². The van der Waals surface area contributed by atoms with Crippen LogP contribution < -0.4 is 4.74 Å². The van der Waals surface area contributed by atoms with Crippen molar-refractivity contribution in [2.24, 2.45) is 0 Å². The Morgan fingerprint density at radius 3 is 2.35 bits per heavy atom. The van der Waals surface area contributed by atoms with E-state index in [0.717, 1.165) is 16.7 Å². The number of hydrogen-bond donors (Lipinski definition) is 0. The zero-order valence-corrected chi connectivity index (χ0v) is 13.6. The molecule has 0 aliphatic rings. The second kappa shape index (κ2) is 6.60. The van der Waals surface area contributed by atoms with Gasteiger partial charge in [0.2, 0.25) is 5.78 Å². The van der Waals surface area contributed by atoms with Crippen LogP contribution in [0.15, 0.2) is 36.4 Å². The Morgan fingerprint density at radius 1 is 1.09 bits per heavy atom. The SMILES string of the molecule is Cc1cc(C)c(C(=O)[C@@H](C)Oc2ccccc2[N+](=O)[O-])cc1C. The highest BCUT2D eigenvalue weighted by Crippen LogP contribution is 2.28. The molecule has 2 aromatic rings. The number of carbonyl (C=O) groups excluding carboxylic acids is 1. The number of benzene rings is 2. The molecule has 1 atom stereocenters. The van der Waals surface area contributed by atoms with Crippen molar-refractivity contribution in [3.63, 3.8) is 0 Å². The average molecular weight is 313 g/mol.